The van der Waals surface area contributed by atoms with Crippen LogP contribution in [0, 0.1) is 0 Å². The van der Waals surface area contributed by atoms with Crippen LogP contribution in [-0.2, 0) is 4.79 Å². The summed E-state index contributed by atoms with van der Waals surface area (Å²) in [5, 5.41) is 7.65. The zero-order valence-corrected chi connectivity index (χ0v) is 6.03. The summed E-state index contributed by atoms with van der Waals surface area (Å²) in [5.74, 6) is -0.303. The normalized spacial score (nSPS) is 10.6. The Labute approximate surface area is 116 Å². The Hall–Kier alpha value is 2.17. The first-order chi connectivity index (χ1) is 3.68. The fourth-order valence-electron chi connectivity index (χ4n) is 0.246. The fourth-order valence-corrected chi connectivity index (χ4v) is 0.837. The van der Waals surface area contributed by atoms with Gasteiger partial charge in [-0.25, -0.2) is 0 Å². The second-order valence-electron chi connectivity index (χ2n) is 1.37. The van der Waals surface area contributed by atoms with E-state index in [0.717, 1.165) is 0 Å². The first-order valence-corrected chi connectivity index (χ1v) is 3.35. The van der Waals surface area contributed by atoms with E-state index in [1.807, 2.05) is 0 Å². The number of carbonyl (C=O) groups is 1. The Morgan fingerprint density at radius 3 is 2.00 bits per heavy atom. The molecule has 1 atom stereocenters. The van der Waals surface area contributed by atoms with Gasteiger partial charge in [-0.1, -0.05) is 0 Å². The second-order valence-corrected chi connectivity index (χ2v) is 2.44. The molecule has 0 fully saturated rings. The van der Waals surface area contributed by atoms with Crippen LogP contribution in [0.5, 0.6) is 0 Å². The molecule has 0 saturated heterocycles. The van der Waals surface area contributed by atoms with Crippen LogP contribution in [0.1, 0.15) is 6.42 Å². The van der Waals surface area contributed by atoms with E-state index in [1.54, 1.807) is 0 Å². The quantitative estimate of drug-likeness (QED) is 0.420. The van der Waals surface area contributed by atoms with E-state index in [2.05, 4.69) is 25.3 Å². The zero-order valence-electron chi connectivity index (χ0n) is 4.24. The molecule has 0 aromatic rings. The minimum atomic E-state index is -0.873. The van der Waals surface area contributed by atoms with E-state index >= 15 is 0 Å². The van der Waals surface area contributed by atoms with Gasteiger partial charge < -0.3 is 5.11 Å². The topological polar surface area (TPSA) is 37.3 Å². The summed E-state index contributed by atoms with van der Waals surface area (Å²) < 4.78 is 0. The van der Waals surface area contributed by atoms with Crippen molar-refractivity contribution in [3.8, 4) is 0 Å². The van der Waals surface area contributed by atoms with E-state index in [9.17, 15) is 4.79 Å². The van der Waals surface area contributed by atoms with Crippen molar-refractivity contribution in [2.45, 2.75) is 11.7 Å². The van der Waals surface area contributed by atoms with Crippen LogP contribution in [-0.4, -0.2) is 81.2 Å². The molecule has 1 unspecified atom stereocenters. The van der Waals surface area contributed by atoms with Crippen molar-refractivity contribution in [2.24, 2.45) is 0 Å². The van der Waals surface area contributed by atoms with Gasteiger partial charge in [0.25, 0.3) is 0 Å². The second kappa shape index (κ2) is 11.2. The summed E-state index contributed by atoms with van der Waals surface area (Å²) in [6, 6.07) is 0. The molecule has 6 heteroatoms. The Kier molecular flexibility index (Phi) is 20.2. The maximum atomic E-state index is 9.98. The molecular formula is C4H10Na2O2S2. The summed E-state index contributed by atoms with van der Waals surface area (Å²) in [6.45, 7) is 0. The average Bonchev–Trinajstić information content (AvgIpc) is 1.67. The predicted octanol–water partition coefficient (Wildman–Crippen LogP) is -0.608. The Balaban J connectivity index is -0.000000245. The summed E-state index contributed by atoms with van der Waals surface area (Å²) in [5.41, 5.74) is 0. The standard InChI is InChI=1S/C4H8O2S2.2Na.2H/c5-4(6)3(8)1-2-7;;;;/h3,7-8H,1-2H2,(H,5,6);;;;. The zero-order chi connectivity index (χ0) is 6.57. The van der Waals surface area contributed by atoms with E-state index in [0.29, 0.717) is 12.2 Å². The summed E-state index contributed by atoms with van der Waals surface area (Å²) >= 11 is 7.60. The van der Waals surface area contributed by atoms with Crippen molar-refractivity contribution in [3.63, 3.8) is 0 Å². The molecule has 10 heavy (non-hydrogen) atoms. The minimum absolute atomic E-state index is 0. The van der Waals surface area contributed by atoms with E-state index in [-0.39, 0.29) is 59.1 Å². The van der Waals surface area contributed by atoms with Gasteiger partial charge in [0.1, 0.15) is 5.25 Å². The maximum absolute atomic E-state index is 9.98. The molecular weight excluding hydrogens is 190 g/mol. The third-order valence-corrected chi connectivity index (χ3v) is 1.42. The van der Waals surface area contributed by atoms with Gasteiger partial charge >= 0.3 is 65.1 Å². The molecule has 0 aromatic carbocycles. The molecule has 0 radical (unpaired) electrons. The van der Waals surface area contributed by atoms with Gasteiger partial charge in [0.2, 0.25) is 0 Å². The average molecular weight is 200 g/mol. The molecule has 2 nitrogen and oxygen atoms in total. The van der Waals surface area contributed by atoms with Crippen molar-refractivity contribution in [3.05, 3.63) is 0 Å². The van der Waals surface area contributed by atoms with Crippen LogP contribution in [0.25, 0.3) is 0 Å². The van der Waals surface area contributed by atoms with Crippen molar-refractivity contribution in [1.29, 1.82) is 0 Å². The Morgan fingerprint density at radius 2 is 1.90 bits per heavy atom. The van der Waals surface area contributed by atoms with Gasteiger partial charge in [-0.15, -0.1) is 0 Å². The fraction of sp³-hybridized carbons (Fsp3) is 0.750. The monoisotopic (exact) mass is 200 g/mol. The van der Waals surface area contributed by atoms with Crippen LogP contribution in [0.3, 0.4) is 0 Å². The number of hydrogen-bond acceptors (Lipinski definition) is 3. The van der Waals surface area contributed by atoms with Crippen LogP contribution in [0.15, 0.2) is 0 Å². The summed E-state index contributed by atoms with van der Waals surface area (Å²) in [4.78, 5) is 9.98. The molecule has 52 valence electrons. The molecule has 0 spiro atoms. The molecule has 1 N–H and O–H groups in total. The van der Waals surface area contributed by atoms with Gasteiger partial charge in [-0.2, -0.15) is 25.3 Å². The molecule has 0 saturated carbocycles. The van der Waals surface area contributed by atoms with Crippen molar-refractivity contribution in [2.75, 3.05) is 5.75 Å². The van der Waals surface area contributed by atoms with Gasteiger partial charge in [0, 0.05) is 0 Å². The predicted molar refractivity (Wildman–Crippen MR) is 53.2 cm³/mol. The summed E-state index contributed by atoms with van der Waals surface area (Å²) in [6.07, 6.45) is 0.515. The number of aliphatic carboxylic acids is 1. The molecule has 0 aliphatic carbocycles. The van der Waals surface area contributed by atoms with Crippen LogP contribution in [0.2, 0.25) is 0 Å². The van der Waals surface area contributed by atoms with Crippen molar-refractivity contribution < 1.29 is 9.90 Å². The third-order valence-electron chi connectivity index (χ3n) is 0.688. The summed E-state index contributed by atoms with van der Waals surface area (Å²) in [7, 11) is 0. The van der Waals surface area contributed by atoms with Gasteiger partial charge in [0.05, 0.1) is 0 Å². The van der Waals surface area contributed by atoms with E-state index in [4.69, 9.17) is 5.11 Å². The van der Waals surface area contributed by atoms with Gasteiger partial charge in [-0.05, 0) is 12.2 Å². The molecule has 0 aromatic heterocycles. The third kappa shape index (κ3) is 10.2. The van der Waals surface area contributed by atoms with Crippen LogP contribution < -0.4 is 0 Å². The first kappa shape index (κ1) is 18.1. The van der Waals surface area contributed by atoms with Crippen molar-refractivity contribution >= 4 is 90.3 Å². The number of thiol groups is 2. The van der Waals surface area contributed by atoms with Crippen LogP contribution in [0.4, 0.5) is 0 Å². The first-order valence-electron chi connectivity index (χ1n) is 2.20. The number of hydrogen-bond donors (Lipinski definition) is 3. The van der Waals surface area contributed by atoms with E-state index < -0.39 is 11.2 Å². The molecule has 0 amide bonds. The number of rotatable bonds is 3. The Morgan fingerprint density at radius 1 is 1.50 bits per heavy atom. The van der Waals surface area contributed by atoms with Crippen LogP contribution >= 0.6 is 25.3 Å². The molecule has 0 aliphatic heterocycles. The van der Waals surface area contributed by atoms with Crippen molar-refractivity contribution in [1.82, 2.24) is 0 Å². The molecule has 0 aliphatic rings. The Bertz CT molecular complexity index is 91.3. The SMILES string of the molecule is O=C(O)C(S)CCS.[NaH].[NaH]. The number of carboxylic acids is 1. The molecule has 0 heterocycles. The number of carboxylic acid groups (broad SMARTS) is 1. The molecule has 0 bridgehead atoms. The van der Waals surface area contributed by atoms with Gasteiger partial charge in [0.15, 0.2) is 0 Å². The van der Waals surface area contributed by atoms with E-state index in [1.165, 1.54) is 0 Å². The van der Waals surface area contributed by atoms with Gasteiger partial charge in [-0.3, -0.25) is 4.79 Å². The molecule has 0 rings (SSSR count).